The standard InChI is InChI=1S/C19H19BrN2O7S/c1-28-18(24)12-9-13(19(25)29-2)11-15(10-12)22-17(23)7-8-21-30(26,27)16-5-3-14(20)4-6-16/h3-6,9-11,21H,7-8H2,1-2H3,(H,22,23). The molecule has 0 unspecified atom stereocenters. The highest BCUT2D eigenvalue weighted by Gasteiger charge is 2.16. The molecule has 2 N–H and O–H groups in total. The van der Waals surface area contributed by atoms with Crippen LogP contribution in [0, 0.1) is 0 Å². The fourth-order valence-electron chi connectivity index (χ4n) is 2.39. The first-order chi connectivity index (χ1) is 14.2. The number of esters is 2. The first-order valence-electron chi connectivity index (χ1n) is 8.53. The van der Waals surface area contributed by atoms with Crippen molar-refractivity contribution in [3.63, 3.8) is 0 Å². The van der Waals surface area contributed by atoms with Gasteiger partial charge in [-0.1, -0.05) is 15.9 Å². The topological polar surface area (TPSA) is 128 Å². The molecular weight excluding hydrogens is 480 g/mol. The Labute approximate surface area is 181 Å². The van der Waals surface area contributed by atoms with Gasteiger partial charge in [0.25, 0.3) is 0 Å². The molecule has 0 heterocycles. The lowest BCUT2D eigenvalue weighted by molar-refractivity contribution is -0.116. The van der Waals surface area contributed by atoms with Gasteiger partial charge in [0, 0.05) is 23.1 Å². The molecule has 2 aromatic carbocycles. The van der Waals surface area contributed by atoms with Crippen LogP contribution < -0.4 is 10.0 Å². The molecule has 0 spiro atoms. The van der Waals surface area contributed by atoms with Gasteiger partial charge in [0.05, 0.1) is 30.2 Å². The molecule has 0 aliphatic carbocycles. The first kappa shape index (κ1) is 23.5. The molecule has 0 saturated heterocycles. The van der Waals surface area contributed by atoms with E-state index in [0.717, 1.165) is 4.47 Å². The molecule has 2 rings (SSSR count). The van der Waals surface area contributed by atoms with Gasteiger partial charge < -0.3 is 14.8 Å². The van der Waals surface area contributed by atoms with Gasteiger partial charge in [0.15, 0.2) is 0 Å². The predicted molar refractivity (Wildman–Crippen MR) is 112 cm³/mol. The van der Waals surface area contributed by atoms with Gasteiger partial charge in [0.1, 0.15) is 0 Å². The summed E-state index contributed by atoms with van der Waals surface area (Å²) >= 11 is 3.23. The van der Waals surface area contributed by atoms with Crippen LogP contribution in [0.15, 0.2) is 51.8 Å². The number of anilines is 1. The van der Waals surface area contributed by atoms with Crippen molar-refractivity contribution in [1.82, 2.24) is 4.72 Å². The number of amides is 1. The summed E-state index contributed by atoms with van der Waals surface area (Å²) in [6.45, 7) is -0.148. The van der Waals surface area contributed by atoms with E-state index in [1.807, 2.05) is 0 Å². The maximum Gasteiger partial charge on any atom is 0.337 e. The molecule has 1 amide bonds. The van der Waals surface area contributed by atoms with Crippen molar-refractivity contribution in [2.75, 3.05) is 26.1 Å². The molecule has 0 aliphatic heterocycles. The third kappa shape index (κ3) is 6.37. The third-order valence-corrected chi connectivity index (χ3v) is 5.83. The number of carbonyl (C=O) groups excluding carboxylic acids is 3. The zero-order valence-corrected chi connectivity index (χ0v) is 18.5. The van der Waals surface area contributed by atoms with E-state index in [4.69, 9.17) is 0 Å². The summed E-state index contributed by atoms with van der Waals surface area (Å²) in [6, 6.07) is 9.99. The molecule has 160 valence electrons. The van der Waals surface area contributed by atoms with Crippen LogP contribution in [-0.4, -0.2) is 47.0 Å². The number of methoxy groups -OCH3 is 2. The van der Waals surface area contributed by atoms with Crippen molar-refractivity contribution < 1.29 is 32.3 Å². The summed E-state index contributed by atoms with van der Waals surface area (Å²) < 4.78 is 36.8. The van der Waals surface area contributed by atoms with Crippen molar-refractivity contribution >= 4 is 49.5 Å². The average Bonchev–Trinajstić information content (AvgIpc) is 2.72. The van der Waals surface area contributed by atoms with Crippen molar-refractivity contribution in [3.8, 4) is 0 Å². The van der Waals surface area contributed by atoms with E-state index < -0.39 is 27.9 Å². The Hall–Kier alpha value is -2.76. The monoisotopic (exact) mass is 498 g/mol. The van der Waals surface area contributed by atoms with Crippen molar-refractivity contribution in [2.24, 2.45) is 0 Å². The smallest absolute Gasteiger partial charge is 0.337 e. The van der Waals surface area contributed by atoms with Gasteiger partial charge in [-0.15, -0.1) is 0 Å². The summed E-state index contributed by atoms with van der Waals surface area (Å²) in [5, 5.41) is 2.52. The molecule has 2 aromatic rings. The number of ether oxygens (including phenoxy) is 2. The van der Waals surface area contributed by atoms with Crippen LogP contribution in [-0.2, 0) is 24.3 Å². The minimum Gasteiger partial charge on any atom is -0.465 e. The predicted octanol–water partition coefficient (Wildman–Crippen LogP) is 2.33. The molecule has 0 aliphatic rings. The summed E-state index contributed by atoms with van der Waals surface area (Å²) in [4.78, 5) is 35.8. The highest BCUT2D eigenvalue weighted by molar-refractivity contribution is 9.10. The van der Waals surface area contributed by atoms with E-state index >= 15 is 0 Å². The molecule has 0 bridgehead atoms. The van der Waals surface area contributed by atoms with Crippen LogP contribution in [0.25, 0.3) is 0 Å². The Balaban J connectivity index is 2.04. The zero-order valence-electron chi connectivity index (χ0n) is 16.1. The molecule has 0 fully saturated rings. The van der Waals surface area contributed by atoms with Crippen molar-refractivity contribution in [2.45, 2.75) is 11.3 Å². The summed E-state index contributed by atoms with van der Waals surface area (Å²) in [6.07, 6.45) is -0.175. The van der Waals surface area contributed by atoms with Gasteiger partial charge in [-0.3, -0.25) is 4.79 Å². The highest BCUT2D eigenvalue weighted by atomic mass is 79.9. The van der Waals surface area contributed by atoms with E-state index in [2.05, 4.69) is 35.4 Å². The molecule has 0 radical (unpaired) electrons. The van der Waals surface area contributed by atoms with Crippen molar-refractivity contribution in [1.29, 1.82) is 0 Å². The number of hydrogen-bond donors (Lipinski definition) is 2. The Morgan fingerprint density at radius 3 is 1.97 bits per heavy atom. The molecule has 11 heteroatoms. The molecule has 30 heavy (non-hydrogen) atoms. The van der Waals surface area contributed by atoms with Crippen LogP contribution in [0.5, 0.6) is 0 Å². The van der Waals surface area contributed by atoms with Gasteiger partial charge in [-0.05, 0) is 42.5 Å². The van der Waals surface area contributed by atoms with E-state index in [1.54, 1.807) is 12.1 Å². The summed E-state index contributed by atoms with van der Waals surface area (Å²) in [7, 11) is -1.39. The quantitative estimate of drug-likeness (QED) is 0.534. The second-order valence-corrected chi connectivity index (χ2v) is 8.61. The van der Waals surface area contributed by atoms with Gasteiger partial charge in [-0.2, -0.15) is 0 Å². The fourth-order valence-corrected chi connectivity index (χ4v) is 3.69. The number of carbonyl (C=O) groups is 3. The lowest BCUT2D eigenvalue weighted by atomic mass is 10.1. The number of nitrogens with one attached hydrogen (secondary N) is 2. The number of halogens is 1. The van der Waals surface area contributed by atoms with Crippen molar-refractivity contribution in [3.05, 3.63) is 58.1 Å². The van der Waals surface area contributed by atoms with E-state index in [-0.39, 0.29) is 34.7 Å². The lowest BCUT2D eigenvalue weighted by Crippen LogP contribution is -2.27. The molecule has 0 atom stereocenters. The minimum atomic E-state index is -3.76. The fraction of sp³-hybridized carbons (Fsp3) is 0.211. The Bertz CT molecular complexity index is 1020. The highest BCUT2D eigenvalue weighted by Crippen LogP contribution is 2.18. The normalized spacial score (nSPS) is 10.9. The number of rotatable bonds is 8. The van der Waals surface area contributed by atoms with Gasteiger partial charge >= 0.3 is 11.9 Å². The van der Waals surface area contributed by atoms with Crippen LogP contribution in [0.4, 0.5) is 5.69 Å². The minimum absolute atomic E-state index is 0.0478. The third-order valence-electron chi connectivity index (χ3n) is 3.83. The van der Waals surface area contributed by atoms with Crippen LogP contribution in [0.3, 0.4) is 0 Å². The maximum atomic E-state index is 12.2. The van der Waals surface area contributed by atoms with Gasteiger partial charge in [-0.25, -0.2) is 22.7 Å². The molecule has 0 aromatic heterocycles. The van der Waals surface area contributed by atoms with Crippen LogP contribution >= 0.6 is 15.9 Å². The van der Waals surface area contributed by atoms with E-state index in [0.29, 0.717) is 0 Å². The Morgan fingerprint density at radius 1 is 0.933 bits per heavy atom. The summed E-state index contributed by atoms with van der Waals surface area (Å²) in [5.41, 5.74) is 0.261. The van der Waals surface area contributed by atoms with Crippen LogP contribution in [0.1, 0.15) is 27.1 Å². The SMILES string of the molecule is COC(=O)c1cc(NC(=O)CCNS(=O)(=O)c2ccc(Br)cc2)cc(C(=O)OC)c1. The molecule has 9 nitrogen and oxygen atoms in total. The average molecular weight is 499 g/mol. The number of benzene rings is 2. The number of sulfonamides is 1. The Morgan fingerprint density at radius 2 is 1.47 bits per heavy atom. The first-order valence-corrected chi connectivity index (χ1v) is 10.8. The lowest BCUT2D eigenvalue weighted by Gasteiger charge is -2.10. The van der Waals surface area contributed by atoms with Crippen LogP contribution in [0.2, 0.25) is 0 Å². The summed E-state index contributed by atoms with van der Waals surface area (Å²) in [5.74, 6) is -1.91. The maximum absolute atomic E-state index is 12.2. The number of hydrogen-bond acceptors (Lipinski definition) is 7. The Kier molecular flexibility index (Phi) is 8.09. The second-order valence-electron chi connectivity index (χ2n) is 5.93. The van der Waals surface area contributed by atoms with E-state index in [9.17, 15) is 22.8 Å². The largest absolute Gasteiger partial charge is 0.465 e. The molecule has 0 saturated carbocycles. The van der Waals surface area contributed by atoms with E-state index in [1.165, 1.54) is 44.6 Å². The zero-order chi connectivity index (χ0) is 22.3. The second kappa shape index (κ2) is 10.3. The van der Waals surface area contributed by atoms with Gasteiger partial charge in [0.2, 0.25) is 15.9 Å². The molecular formula is C19H19BrN2O7S.